The Hall–Kier alpha value is -0.690. The molecule has 0 saturated heterocycles. The molecule has 0 aliphatic carbocycles. The summed E-state index contributed by atoms with van der Waals surface area (Å²) in [6.07, 6.45) is -1.71. The predicted molar refractivity (Wildman–Crippen MR) is 113 cm³/mol. The molecule has 0 heterocycles. The monoisotopic (exact) mass is 507 g/mol. The highest BCUT2D eigenvalue weighted by atomic mass is 31.2. The SMILES string of the molecule is C=CC(=O)N(CCCCCCCC)CC(O)C(O)C(OP(=O)(O)O)C(O)COP(=O)(O)O. The second-order valence-electron chi connectivity index (χ2n) is 7.23. The van der Waals surface area contributed by atoms with E-state index >= 15 is 0 Å². The van der Waals surface area contributed by atoms with Crippen molar-refractivity contribution in [1.29, 1.82) is 0 Å². The van der Waals surface area contributed by atoms with Gasteiger partial charge in [-0.1, -0.05) is 45.6 Å². The molecule has 1 amide bonds. The maximum Gasteiger partial charge on any atom is 0.470 e. The fourth-order valence-corrected chi connectivity index (χ4v) is 3.77. The smallest absolute Gasteiger partial charge is 0.388 e. The van der Waals surface area contributed by atoms with Crippen molar-refractivity contribution >= 4 is 21.6 Å². The van der Waals surface area contributed by atoms with Gasteiger partial charge >= 0.3 is 15.6 Å². The van der Waals surface area contributed by atoms with Gasteiger partial charge in [0.1, 0.15) is 24.4 Å². The maximum absolute atomic E-state index is 12.1. The number of phosphoric ester groups is 2. The number of carbonyl (C=O) groups excluding carboxylic acids is 1. The van der Waals surface area contributed by atoms with Gasteiger partial charge in [-0.05, 0) is 12.5 Å². The zero-order valence-electron chi connectivity index (χ0n) is 18.0. The molecule has 0 bridgehead atoms. The van der Waals surface area contributed by atoms with Crippen molar-refractivity contribution in [1.82, 2.24) is 4.90 Å². The summed E-state index contributed by atoms with van der Waals surface area (Å²) in [4.78, 5) is 48.7. The third-order valence-corrected chi connectivity index (χ3v) is 5.46. The van der Waals surface area contributed by atoms with Crippen LogP contribution in [0.15, 0.2) is 12.7 Å². The van der Waals surface area contributed by atoms with Gasteiger partial charge in [0.15, 0.2) is 0 Å². The minimum atomic E-state index is -5.30. The van der Waals surface area contributed by atoms with Gasteiger partial charge in [0.25, 0.3) is 0 Å². The summed E-state index contributed by atoms with van der Waals surface area (Å²) in [6.45, 7) is 4.03. The minimum Gasteiger partial charge on any atom is -0.388 e. The topological polar surface area (TPSA) is 215 Å². The number of rotatable bonds is 18. The molecular weight excluding hydrogens is 472 g/mol. The number of amides is 1. The number of carbonyl (C=O) groups is 1. The van der Waals surface area contributed by atoms with E-state index in [-0.39, 0.29) is 6.54 Å². The number of aliphatic hydroxyl groups excluding tert-OH is 3. The van der Waals surface area contributed by atoms with Crippen LogP contribution in [0.2, 0.25) is 0 Å². The Morgan fingerprint density at radius 3 is 2.03 bits per heavy atom. The standard InChI is InChI=1S/C17H35NO12P2/c1-3-5-6-7-8-9-10-18(15(21)4-2)11-13(19)16(22)17(30-32(26,27)28)14(20)12-29-31(23,24)25/h4,13-14,16-17,19-20,22H,2-3,5-12H2,1H3,(H2,23,24,25)(H2,26,27,28). The highest BCUT2D eigenvalue weighted by Gasteiger charge is 2.39. The Kier molecular flexibility index (Phi) is 14.9. The molecule has 0 rings (SSSR count). The fourth-order valence-electron chi connectivity index (χ4n) is 2.84. The highest BCUT2D eigenvalue weighted by molar-refractivity contribution is 7.46. The van der Waals surface area contributed by atoms with E-state index < -0.39 is 59.1 Å². The molecule has 0 aliphatic heterocycles. The van der Waals surface area contributed by atoms with Crippen molar-refractivity contribution in [2.75, 3.05) is 19.7 Å². The van der Waals surface area contributed by atoms with Crippen LogP contribution in [0.1, 0.15) is 45.4 Å². The lowest BCUT2D eigenvalue weighted by atomic mass is 10.0. The number of phosphoric acid groups is 2. The van der Waals surface area contributed by atoms with Crippen LogP contribution >= 0.6 is 15.6 Å². The molecule has 0 radical (unpaired) electrons. The maximum atomic E-state index is 12.1. The molecule has 0 aromatic heterocycles. The van der Waals surface area contributed by atoms with E-state index in [9.17, 15) is 29.2 Å². The van der Waals surface area contributed by atoms with E-state index in [1.165, 1.54) is 4.90 Å². The van der Waals surface area contributed by atoms with Gasteiger partial charge in [-0.3, -0.25) is 13.8 Å². The van der Waals surface area contributed by atoms with Crippen LogP contribution in [0.5, 0.6) is 0 Å². The van der Waals surface area contributed by atoms with E-state index in [2.05, 4.69) is 22.6 Å². The summed E-state index contributed by atoms with van der Waals surface area (Å²) in [7, 11) is -10.3. The molecule has 0 aromatic rings. The molecule has 0 aliphatic rings. The average Bonchev–Trinajstić information content (AvgIpc) is 2.69. The zero-order valence-corrected chi connectivity index (χ0v) is 19.8. The molecule has 13 nitrogen and oxygen atoms in total. The first-order valence-electron chi connectivity index (χ1n) is 10.1. The summed E-state index contributed by atoms with van der Waals surface area (Å²) in [5.74, 6) is -0.553. The van der Waals surface area contributed by atoms with Gasteiger partial charge in [-0.15, -0.1) is 0 Å². The first kappa shape index (κ1) is 31.3. The highest BCUT2D eigenvalue weighted by Crippen LogP contribution is 2.41. The lowest BCUT2D eigenvalue weighted by molar-refractivity contribution is -0.134. The largest absolute Gasteiger partial charge is 0.470 e. The van der Waals surface area contributed by atoms with E-state index in [1.54, 1.807) is 0 Å². The first-order chi connectivity index (χ1) is 14.7. The van der Waals surface area contributed by atoms with Crippen LogP contribution < -0.4 is 0 Å². The minimum absolute atomic E-state index is 0.217. The second kappa shape index (κ2) is 15.3. The normalized spacial score (nSPS) is 16.2. The van der Waals surface area contributed by atoms with E-state index in [1.807, 2.05) is 0 Å². The molecular formula is C17H35NO12P2. The van der Waals surface area contributed by atoms with Crippen LogP contribution in [-0.4, -0.2) is 89.8 Å². The van der Waals surface area contributed by atoms with Crippen LogP contribution in [0.25, 0.3) is 0 Å². The van der Waals surface area contributed by atoms with Crippen LogP contribution in [0.3, 0.4) is 0 Å². The molecule has 0 fully saturated rings. The summed E-state index contributed by atoms with van der Waals surface area (Å²) < 4.78 is 30.3. The molecule has 0 saturated carbocycles. The molecule has 190 valence electrons. The first-order valence-corrected chi connectivity index (χ1v) is 13.2. The third kappa shape index (κ3) is 14.5. The molecule has 4 atom stereocenters. The number of aliphatic hydroxyl groups is 3. The summed E-state index contributed by atoms with van der Waals surface area (Å²) >= 11 is 0. The van der Waals surface area contributed by atoms with E-state index in [0.29, 0.717) is 6.42 Å². The van der Waals surface area contributed by atoms with Crippen molar-refractivity contribution in [2.24, 2.45) is 0 Å². The second-order valence-corrected chi connectivity index (χ2v) is 9.66. The Morgan fingerprint density at radius 1 is 0.969 bits per heavy atom. The summed E-state index contributed by atoms with van der Waals surface area (Å²) in [5.41, 5.74) is 0. The van der Waals surface area contributed by atoms with E-state index in [4.69, 9.17) is 19.6 Å². The van der Waals surface area contributed by atoms with Gasteiger partial charge in [-0.25, -0.2) is 9.13 Å². The van der Waals surface area contributed by atoms with Crippen molar-refractivity contribution in [3.05, 3.63) is 12.7 Å². The van der Waals surface area contributed by atoms with Crippen molar-refractivity contribution in [2.45, 2.75) is 69.9 Å². The molecule has 0 spiro atoms. The Morgan fingerprint density at radius 2 is 1.53 bits per heavy atom. The van der Waals surface area contributed by atoms with Gasteiger partial charge in [0, 0.05) is 13.1 Å². The van der Waals surface area contributed by atoms with Crippen molar-refractivity contribution in [3.8, 4) is 0 Å². The number of unbranched alkanes of at least 4 members (excludes halogenated alkanes) is 5. The van der Waals surface area contributed by atoms with Crippen LogP contribution in [-0.2, 0) is 23.0 Å². The Balaban J connectivity index is 5.18. The van der Waals surface area contributed by atoms with Gasteiger partial charge in [-0.2, -0.15) is 0 Å². The number of hydrogen-bond acceptors (Lipinski definition) is 8. The van der Waals surface area contributed by atoms with Crippen LogP contribution in [0.4, 0.5) is 0 Å². The summed E-state index contributed by atoms with van der Waals surface area (Å²) in [6, 6.07) is 0. The fraction of sp³-hybridized carbons (Fsp3) is 0.824. The molecule has 7 N–H and O–H groups in total. The quantitative estimate of drug-likeness (QED) is 0.0743. The van der Waals surface area contributed by atoms with Crippen LogP contribution in [0, 0.1) is 0 Å². The zero-order chi connectivity index (χ0) is 24.9. The van der Waals surface area contributed by atoms with Gasteiger partial charge in [0.05, 0.1) is 6.61 Å². The molecule has 15 heteroatoms. The number of nitrogens with zero attached hydrogens (tertiary/aromatic N) is 1. The molecule has 0 aromatic carbocycles. The lowest BCUT2D eigenvalue weighted by Gasteiger charge is -2.32. The third-order valence-electron chi connectivity index (χ3n) is 4.46. The van der Waals surface area contributed by atoms with Gasteiger partial charge < -0.3 is 39.8 Å². The summed E-state index contributed by atoms with van der Waals surface area (Å²) in [5, 5.41) is 30.6. The Bertz CT molecular complexity index is 651. The number of hydrogen-bond donors (Lipinski definition) is 7. The lowest BCUT2D eigenvalue weighted by Crippen LogP contribution is -2.51. The average molecular weight is 507 g/mol. The molecule has 32 heavy (non-hydrogen) atoms. The van der Waals surface area contributed by atoms with E-state index in [0.717, 1.165) is 38.2 Å². The molecule has 4 unspecified atom stereocenters. The van der Waals surface area contributed by atoms with Crippen molar-refractivity contribution < 1.29 is 57.9 Å². The predicted octanol–water partition coefficient (Wildman–Crippen LogP) is 0.0314. The Labute approximate surface area is 187 Å². The van der Waals surface area contributed by atoms with Crippen molar-refractivity contribution in [3.63, 3.8) is 0 Å². The van der Waals surface area contributed by atoms with Gasteiger partial charge in [0.2, 0.25) is 5.91 Å².